The zero-order valence-corrected chi connectivity index (χ0v) is 18.3. The quantitative estimate of drug-likeness (QED) is 0.277. The number of rotatable bonds is 7. The first-order valence-corrected chi connectivity index (χ1v) is 10.4. The number of nitrogens with one attached hydrogen (secondary N) is 3. The zero-order valence-electron chi connectivity index (χ0n) is 18.3. The van der Waals surface area contributed by atoms with E-state index in [4.69, 9.17) is 4.74 Å². The van der Waals surface area contributed by atoms with E-state index in [1.807, 2.05) is 0 Å². The lowest BCUT2D eigenvalue weighted by atomic mass is 9.90. The highest BCUT2D eigenvalue weighted by atomic mass is 16.5. The predicted octanol–water partition coefficient (Wildman–Crippen LogP) is 1.37. The second kappa shape index (κ2) is 9.49. The zero-order chi connectivity index (χ0) is 24.2. The van der Waals surface area contributed by atoms with Gasteiger partial charge in [-0.15, -0.1) is 0 Å². The van der Waals surface area contributed by atoms with Crippen LogP contribution in [-0.2, 0) is 16.1 Å². The number of nitrogens with zero attached hydrogens (tertiary/aromatic N) is 1. The van der Waals surface area contributed by atoms with Crippen LogP contribution in [0.15, 0.2) is 48.7 Å². The lowest BCUT2D eigenvalue weighted by Crippen LogP contribution is -2.37. The first-order valence-electron chi connectivity index (χ1n) is 10.4. The van der Waals surface area contributed by atoms with Gasteiger partial charge in [-0.3, -0.25) is 25.0 Å². The molecule has 2 aromatic carbocycles. The Balaban J connectivity index is 1.57. The third-order valence-electron chi connectivity index (χ3n) is 5.37. The molecule has 0 aromatic heterocycles. The average molecular weight is 462 g/mol. The molecule has 0 unspecified atom stereocenters. The van der Waals surface area contributed by atoms with Gasteiger partial charge < -0.3 is 20.1 Å². The Hall–Kier alpha value is -4.60. The number of benzene rings is 2. The van der Waals surface area contributed by atoms with Crippen LogP contribution in [0.5, 0.6) is 11.5 Å². The summed E-state index contributed by atoms with van der Waals surface area (Å²) < 4.78 is 5.04. The van der Waals surface area contributed by atoms with E-state index in [1.54, 1.807) is 48.6 Å². The molecular formula is C24H22N4O6. The van der Waals surface area contributed by atoms with Crippen LogP contribution < -0.4 is 20.7 Å². The highest BCUT2D eigenvalue weighted by Gasteiger charge is 2.29. The molecule has 4 N–H and O–H groups in total. The molecule has 0 aliphatic carbocycles. The monoisotopic (exact) mass is 462 g/mol. The number of fused-ring (bicyclic) bond motifs is 1. The normalized spacial score (nSPS) is 16.6. The van der Waals surface area contributed by atoms with Crippen molar-refractivity contribution in [2.24, 2.45) is 0 Å². The van der Waals surface area contributed by atoms with Gasteiger partial charge in [0.25, 0.3) is 11.8 Å². The molecule has 2 aromatic rings. The summed E-state index contributed by atoms with van der Waals surface area (Å²) in [6.45, 7) is 0.486. The summed E-state index contributed by atoms with van der Waals surface area (Å²) in [5.74, 6) is -1.06. The Bertz CT molecular complexity index is 1250. The first-order chi connectivity index (χ1) is 16.4. The molecule has 10 nitrogen and oxygen atoms in total. The van der Waals surface area contributed by atoms with Crippen LogP contribution in [0.25, 0.3) is 11.6 Å². The van der Waals surface area contributed by atoms with E-state index in [2.05, 4.69) is 16.0 Å². The second-order valence-corrected chi connectivity index (χ2v) is 7.63. The second-order valence-electron chi connectivity index (χ2n) is 7.63. The van der Waals surface area contributed by atoms with Crippen LogP contribution in [0.2, 0.25) is 0 Å². The third kappa shape index (κ3) is 4.60. The number of imide groups is 2. The van der Waals surface area contributed by atoms with E-state index in [-0.39, 0.29) is 30.3 Å². The van der Waals surface area contributed by atoms with Gasteiger partial charge in [-0.05, 0) is 29.3 Å². The molecule has 4 rings (SSSR count). The lowest BCUT2D eigenvalue weighted by molar-refractivity contribution is -0.118. The molecule has 1 fully saturated rings. The van der Waals surface area contributed by atoms with Gasteiger partial charge in [0.2, 0.25) is 5.91 Å². The summed E-state index contributed by atoms with van der Waals surface area (Å²) >= 11 is 0. The molecule has 0 atom stereocenters. The summed E-state index contributed by atoms with van der Waals surface area (Å²) in [7, 11) is 1.46. The number of ether oxygens (including phenoxy) is 1. The smallest absolute Gasteiger partial charge is 0.324 e. The maximum Gasteiger partial charge on any atom is 0.324 e. The number of urea groups is 1. The van der Waals surface area contributed by atoms with Crippen LogP contribution in [0.4, 0.5) is 4.79 Å². The van der Waals surface area contributed by atoms with E-state index < -0.39 is 17.8 Å². The number of phenols is 1. The molecule has 10 heteroatoms. The van der Waals surface area contributed by atoms with Crippen LogP contribution in [0, 0.1) is 0 Å². The minimum absolute atomic E-state index is 0.00149. The van der Waals surface area contributed by atoms with Gasteiger partial charge in [0, 0.05) is 30.4 Å². The number of methoxy groups -OCH3 is 1. The summed E-state index contributed by atoms with van der Waals surface area (Å²) in [6, 6.07) is 9.57. The van der Waals surface area contributed by atoms with Crippen molar-refractivity contribution in [2.45, 2.75) is 6.54 Å². The number of hydrogen-bond acceptors (Lipinski definition) is 7. The van der Waals surface area contributed by atoms with E-state index in [9.17, 15) is 24.3 Å². The molecule has 2 heterocycles. The van der Waals surface area contributed by atoms with Gasteiger partial charge in [-0.1, -0.05) is 30.4 Å². The number of carbonyl (C=O) groups is 4. The summed E-state index contributed by atoms with van der Waals surface area (Å²) in [5, 5.41) is 17.5. The lowest BCUT2D eigenvalue weighted by Gasteiger charge is -2.20. The fourth-order valence-electron chi connectivity index (χ4n) is 3.74. The number of hydrogen-bond donors (Lipinski definition) is 4. The number of phenolic OH excluding ortho intramolecular Hbond substituents is 1. The Kier molecular flexibility index (Phi) is 6.30. The van der Waals surface area contributed by atoms with Gasteiger partial charge in [0.1, 0.15) is 6.54 Å². The Morgan fingerprint density at radius 3 is 2.65 bits per heavy atom. The van der Waals surface area contributed by atoms with Crippen LogP contribution >= 0.6 is 0 Å². The molecule has 174 valence electrons. The molecule has 1 saturated heterocycles. The third-order valence-corrected chi connectivity index (χ3v) is 5.37. The van der Waals surface area contributed by atoms with Gasteiger partial charge >= 0.3 is 6.03 Å². The number of carbonyl (C=O) groups excluding carboxylic acids is 4. The SMILES string of the molecule is COc1ccc(CN/C=C2/C(=O)NC(=O)c3cccc(C=CCN4CC(=O)NC4=O)c32)cc1O. The Morgan fingerprint density at radius 1 is 1.12 bits per heavy atom. The summed E-state index contributed by atoms with van der Waals surface area (Å²) in [4.78, 5) is 49.4. The molecule has 34 heavy (non-hydrogen) atoms. The maximum absolute atomic E-state index is 12.6. The van der Waals surface area contributed by atoms with Crippen molar-refractivity contribution in [3.8, 4) is 11.5 Å². The molecule has 0 saturated carbocycles. The van der Waals surface area contributed by atoms with Crippen molar-refractivity contribution in [3.63, 3.8) is 0 Å². The van der Waals surface area contributed by atoms with Crippen LogP contribution in [0.1, 0.15) is 27.0 Å². The van der Waals surface area contributed by atoms with Crippen molar-refractivity contribution in [1.29, 1.82) is 0 Å². The van der Waals surface area contributed by atoms with Gasteiger partial charge in [0.15, 0.2) is 11.5 Å². The highest BCUT2D eigenvalue weighted by Crippen LogP contribution is 2.29. The minimum Gasteiger partial charge on any atom is -0.504 e. The van der Waals surface area contributed by atoms with E-state index in [1.165, 1.54) is 18.2 Å². The summed E-state index contributed by atoms with van der Waals surface area (Å²) in [5.41, 5.74) is 2.43. The van der Waals surface area contributed by atoms with Crippen molar-refractivity contribution < 1.29 is 29.0 Å². The topological polar surface area (TPSA) is 137 Å². The Morgan fingerprint density at radius 2 is 1.94 bits per heavy atom. The molecule has 0 radical (unpaired) electrons. The van der Waals surface area contributed by atoms with Gasteiger partial charge in [-0.2, -0.15) is 0 Å². The van der Waals surface area contributed by atoms with Crippen molar-refractivity contribution >= 4 is 35.4 Å². The molecule has 2 aliphatic heterocycles. The number of aromatic hydroxyl groups is 1. The molecule has 5 amide bonds. The fraction of sp³-hybridized carbons (Fsp3) is 0.167. The maximum atomic E-state index is 12.6. The average Bonchev–Trinajstić information content (AvgIpc) is 3.13. The van der Waals surface area contributed by atoms with Crippen LogP contribution in [-0.4, -0.2) is 54.0 Å². The fourth-order valence-corrected chi connectivity index (χ4v) is 3.74. The standard InChI is InChI=1S/C24H22N4O6/c1-34-19-8-7-14(10-18(19)29)11-25-12-17-21-15(4-2-6-16(21)22(31)27-23(17)32)5-3-9-28-13-20(30)26-24(28)33/h2-8,10,12,25,29H,9,11,13H2,1H3,(H,26,30,33)(H,27,31,32)/b5-3?,17-12+. The number of amides is 5. The molecule has 0 spiro atoms. The molecular weight excluding hydrogens is 440 g/mol. The molecule has 0 bridgehead atoms. The van der Waals surface area contributed by atoms with E-state index >= 15 is 0 Å². The first kappa shape index (κ1) is 22.6. The van der Waals surface area contributed by atoms with Crippen LogP contribution in [0.3, 0.4) is 0 Å². The van der Waals surface area contributed by atoms with E-state index in [0.717, 1.165) is 5.56 Å². The Labute approximate surface area is 194 Å². The van der Waals surface area contributed by atoms with Crippen molar-refractivity contribution in [2.75, 3.05) is 20.2 Å². The van der Waals surface area contributed by atoms with Crippen molar-refractivity contribution in [3.05, 3.63) is 70.9 Å². The van der Waals surface area contributed by atoms with Gasteiger partial charge in [0.05, 0.1) is 12.7 Å². The predicted molar refractivity (Wildman–Crippen MR) is 123 cm³/mol. The molecule has 2 aliphatic rings. The van der Waals surface area contributed by atoms with E-state index in [0.29, 0.717) is 29.0 Å². The minimum atomic E-state index is -0.548. The largest absolute Gasteiger partial charge is 0.504 e. The summed E-state index contributed by atoms with van der Waals surface area (Å²) in [6.07, 6.45) is 4.91. The van der Waals surface area contributed by atoms with Crippen molar-refractivity contribution in [1.82, 2.24) is 20.9 Å². The highest BCUT2D eigenvalue weighted by molar-refractivity contribution is 6.31. The van der Waals surface area contributed by atoms with Gasteiger partial charge in [-0.25, -0.2) is 4.79 Å².